The van der Waals surface area contributed by atoms with Crippen LogP contribution in [0.2, 0.25) is 5.02 Å². The number of hydrogen-bond donors (Lipinski definition) is 1. The number of benzene rings is 2. The summed E-state index contributed by atoms with van der Waals surface area (Å²) in [4.78, 5) is 22.5. The lowest BCUT2D eigenvalue weighted by molar-refractivity contribution is -0.124. The molecule has 2 aromatic carbocycles. The molecule has 5 nitrogen and oxygen atoms in total. The number of nitrogens with zero attached hydrogens (tertiary/aromatic N) is 3. The Morgan fingerprint density at radius 2 is 1.94 bits per heavy atom. The van der Waals surface area contributed by atoms with Crippen LogP contribution in [0.25, 0.3) is 11.0 Å². The number of carbonyl (C=O) groups is 1. The number of amides is 1. The van der Waals surface area contributed by atoms with E-state index in [2.05, 4.69) is 21.8 Å². The van der Waals surface area contributed by atoms with Crippen molar-refractivity contribution in [2.75, 3.05) is 0 Å². The fourth-order valence-corrected chi connectivity index (χ4v) is 4.06. The molecule has 4 rings (SSSR count). The van der Waals surface area contributed by atoms with Crippen LogP contribution in [0.4, 0.5) is 0 Å². The Balaban J connectivity index is 1.69. The Hall–Kier alpha value is -3.18. The first-order valence-corrected chi connectivity index (χ1v) is 10.9. The third-order valence-corrected chi connectivity index (χ3v) is 5.50. The second-order valence-corrected chi connectivity index (χ2v) is 7.97. The maximum Gasteiger partial charge on any atom is 0.243 e. The molecule has 4 aromatic rings. The van der Waals surface area contributed by atoms with Gasteiger partial charge in [-0.05, 0) is 48.4 Å². The normalized spacial score (nSPS) is 12.1. The summed E-state index contributed by atoms with van der Waals surface area (Å²) >= 11 is 6.19. The van der Waals surface area contributed by atoms with Crippen molar-refractivity contribution < 1.29 is 4.79 Å². The third kappa shape index (κ3) is 4.94. The van der Waals surface area contributed by atoms with Gasteiger partial charge in [0.2, 0.25) is 5.91 Å². The van der Waals surface area contributed by atoms with Crippen LogP contribution in [0.3, 0.4) is 0 Å². The van der Waals surface area contributed by atoms with Gasteiger partial charge in [0.25, 0.3) is 0 Å². The highest BCUT2D eigenvalue weighted by Gasteiger charge is 2.25. The Kier molecular flexibility index (Phi) is 6.63. The second kappa shape index (κ2) is 9.75. The summed E-state index contributed by atoms with van der Waals surface area (Å²) < 4.78 is 2.09. The molecule has 0 aliphatic carbocycles. The van der Waals surface area contributed by atoms with Crippen molar-refractivity contribution in [3.63, 3.8) is 0 Å². The van der Waals surface area contributed by atoms with Crippen molar-refractivity contribution in [1.82, 2.24) is 19.9 Å². The Morgan fingerprint density at radius 3 is 2.71 bits per heavy atom. The van der Waals surface area contributed by atoms with Crippen molar-refractivity contribution in [3.8, 4) is 0 Å². The molecule has 0 saturated carbocycles. The second-order valence-electron chi connectivity index (χ2n) is 7.54. The average Bonchev–Trinajstić information content (AvgIpc) is 3.14. The van der Waals surface area contributed by atoms with Crippen LogP contribution in [0, 0.1) is 0 Å². The van der Waals surface area contributed by atoms with Crippen LogP contribution in [0.1, 0.15) is 42.9 Å². The molecule has 1 amide bonds. The lowest BCUT2D eigenvalue weighted by Gasteiger charge is -2.21. The van der Waals surface area contributed by atoms with Gasteiger partial charge in [-0.3, -0.25) is 9.78 Å². The fraction of sp³-hybridized carbons (Fsp3) is 0.240. The largest absolute Gasteiger partial charge is 0.349 e. The van der Waals surface area contributed by atoms with E-state index in [0.29, 0.717) is 18.0 Å². The van der Waals surface area contributed by atoms with E-state index in [4.69, 9.17) is 16.6 Å². The van der Waals surface area contributed by atoms with Gasteiger partial charge in [0.15, 0.2) is 0 Å². The first kappa shape index (κ1) is 21.1. The first-order chi connectivity index (χ1) is 15.2. The van der Waals surface area contributed by atoms with Gasteiger partial charge in [0.1, 0.15) is 11.9 Å². The quantitative estimate of drug-likeness (QED) is 0.409. The summed E-state index contributed by atoms with van der Waals surface area (Å²) in [5.74, 6) is 0.831. The number of carbonyl (C=O) groups excluding carboxylic acids is 1. The Bertz CT molecular complexity index is 1170. The van der Waals surface area contributed by atoms with E-state index in [0.717, 1.165) is 41.0 Å². The standard InChI is InChI=1S/C25H25ClN4O/c1-2-8-23(25(31)28-17-20-11-5-6-14-27-20)30-22-13-4-3-12-21(22)29-24(30)16-18-9-7-10-19(26)15-18/h3-7,9-15,23H,2,8,16-17H2,1H3,(H,28,31)/t23-/m0/s1. The summed E-state index contributed by atoms with van der Waals surface area (Å²) in [5.41, 5.74) is 3.75. The van der Waals surface area contributed by atoms with Gasteiger partial charge >= 0.3 is 0 Å². The number of halogens is 1. The first-order valence-electron chi connectivity index (χ1n) is 10.5. The molecule has 0 fully saturated rings. The minimum Gasteiger partial charge on any atom is -0.349 e. The van der Waals surface area contributed by atoms with E-state index in [-0.39, 0.29) is 11.9 Å². The molecule has 0 radical (unpaired) electrons. The van der Waals surface area contributed by atoms with E-state index >= 15 is 0 Å². The number of imidazole rings is 1. The minimum absolute atomic E-state index is 0.0250. The topological polar surface area (TPSA) is 59.8 Å². The highest BCUT2D eigenvalue weighted by Crippen LogP contribution is 2.27. The summed E-state index contributed by atoms with van der Waals surface area (Å²) in [6.45, 7) is 2.49. The molecule has 1 atom stereocenters. The molecule has 2 aromatic heterocycles. The Morgan fingerprint density at radius 1 is 1.10 bits per heavy atom. The van der Waals surface area contributed by atoms with Gasteiger partial charge in [-0.25, -0.2) is 4.98 Å². The number of nitrogens with one attached hydrogen (secondary N) is 1. The van der Waals surface area contributed by atoms with Gasteiger partial charge in [-0.1, -0.05) is 55.3 Å². The molecule has 158 valence electrons. The van der Waals surface area contributed by atoms with Gasteiger partial charge in [0.05, 0.1) is 23.3 Å². The van der Waals surface area contributed by atoms with Crippen molar-refractivity contribution in [3.05, 3.63) is 95.0 Å². The molecule has 31 heavy (non-hydrogen) atoms. The molecule has 0 aliphatic rings. The number of aromatic nitrogens is 3. The van der Waals surface area contributed by atoms with Crippen LogP contribution in [0.5, 0.6) is 0 Å². The van der Waals surface area contributed by atoms with Crippen molar-refractivity contribution in [2.24, 2.45) is 0 Å². The van der Waals surface area contributed by atoms with Gasteiger partial charge in [-0.2, -0.15) is 0 Å². The summed E-state index contributed by atoms with van der Waals surface area (Å²) in [6.07, 6.45) is 3.93. The number of rotatable bonds is 8. The molecule has 0 unspecified atom stereocenters. The van der Waals surface area contributed by atoms with E-state index in [1.807, 2.05) is 66.7 Å². The zero-order chi connectivity index (χ0) is 21.6. The molecule has 0 spiro atoms. The molecule has 1 N–H and O–H groups in total. The van der Waals surface area contributed by atoms with E-state index < -0.39 is 0 Å². The number of pyridine rings is 1. The molecule has 2 heterocycles. The molecule has 0 bridgehead atoms. The van der Waals surface area contributed by atoms with Crippen molar-refractivity contribution in [2.45, 2.75) is 38.8 Å². The van der Waals surface area contributed by atoms with Crippen LogP contribution in [-0.2, 0) is 17.8 Å². The molecular formula is C25H25ClN4O. The smallest absolute Gasteiger partial charge is 0.243 e. The van der Waals surface area contributed by atoms with Crippen LogP contribution >= 0.6 is 11.6 Å². The zero-order valence-corrected chi connectivity index (χ0v) is 18.2. The van der Waals surface area contributed by atoms with E-state index in [9.17, 15) is 4.79 Å². The van der Waals surface area contributed by atoms with E-state index in [1.165, 1.54) is 0 Å². The van der Waals surface area contributed by atoms with Crippen molar-refractivity contribution in [1.29, 1.82) is 0 Å². The zero-order valence-electron chi connectivity index (χ0n) is 17.5. The minimum atomic E-state index is -0.352. The fourth-order valence-electron chi connectivity index (χ4n) is 3.85. The number of fused-ring (bicyclic) bond motifs is 1. The lowest BCUT2D eigenvalue weighted by atomic mass is 10.1. The number of para-hydroxylation sites is 2. The highest BCUT2D eigenvalue weighted by atomic mass is 35.5. The summed E-state index contributed by atoms with van der Waals surface area (Å²) in [6, 6.07) is 21.1. The maximum absolute atomic E-state index is 13.3. The van der Waals surface area contributed by atoms with Gasteiger partial charge < -0.3 is 9.88 Å². The molecular weight excluding hydrogens is 408 g/mol. The lowest BCUT2D eigenvalue weighted by Crippen LogP contribution is -2.33. The van der Waals surface area contributed by atoms with Crippen LogP contribution in [0.15, 0.2) is 72.9 Å². The van der Waals surface area contributed by atoms with E-state index in [1.54, 1.807) is 6.20 Å². The van der Waals surface area contributed by atoms with Crippen molar-refractivity contribution >= 4 is 28.5 Å². The molecule has 0 saturated heterocycles. The summed E-state index contributed by atoms with van der Waals surface area (Å²) in [5, 5.41) is 3.76. The maximum atomic E-state index is 13.3. The Labute approximate surface area is 187 Å². The average molecular weight is 433 g/mol. The highest BCUT2D eigenvalue weighted by molar-refractivity contribution is 6.30. The summed E-state index contributed by atoms with van der Waals surface area (Å²) in [7, 11) is 0. The monoisotopic (exact) mass is 432 g/mol. The molecule has 0 aliphatic heterocycles. The predicted molar refractivity (Wildman–Crippen MR) is 124 cm³/mol. The predicted octanol–water partition coefficient (Wildman–Crippen LogP) is 5.33. The number of hydrogen-bond acceptors (Lipinski definition) is 3. The van der Waals surface area contributed by atoms with Gasteiger partial charge in [0, 0.05) is 17.6 Å². The van der Waals surface area contributed by atoms with Crippen LogP contribution < -0.4 is 5.32 Å². The van der Waals surface area contributed by atoms with Gasteiger partial charge in [-0.15, -0.1) is 0 Å². The molecule has 6 heteroatoms. The third-order valence-electron chi connectivity index (χ3n) is 5.27. The van der Waals surface area contributed by atoms with Crippen LogP contribution in [-0.4, -0.2) is 20.4 Å². The SMILES string of the molecule is CCC[C@@H](C(=O)NCc1ccccn1)n1c(Cc2cccc(Cl)c2)nc2ccccc21.